The van der Waals surface area contributed by atoms with Crippen molar-refractivity contribution in [1.82, 2.24) is 9.88 Å². The maximum atomic E-state index is 12.4. The second-order valence-corrected chi connectivity index (χ2v) is 5.92. The average molecular weight is 346 g/mol. The molecule has 0 bridgehead atoms. The van der Waals surface area contributed by atoms with Gasteiger partial charge in [0, 0.05) is 19.8 Å². The lowest BCUT2D eigenvalue weighted by atomic mass is 9.98. The van der Waals surface area contributed by atoms with E-state index in [4.69, 9.17) is 0 Å². The van der Waals surface area contributed by atoms with Gasteiger partial charge in [-0.2, -0.15) is 0 Å². The van der Waals surface area contributed by atoms with Crippen LogP contribution in [-0.4, -0.2) is 33.9 Å². The van der Waals surface area contributed by atoms with Crippen LogP contribution in [-0.2, 0) is 6.54 Å². The molecular formula is C21H18N2O3. The van der Waals surface area contributed by atoms with Crippen molar-refractivity contribution in [2.75, 3.05) is 7.05 Å². The van der Waals surface area contributed by atoms with E-state index in [0.717, 1.165) is 11.1 Å². The number of nitrogens with zero attached hydrogens (tertiary/aromatic N) is 2. The molecule has 5 nitrogen and oxygen atoms in total. The van der Waals surface area contributed by atoms with E-state index in [9.17, 15) is 14.7 Å². The Morgan fingerprint density at radius 2 is 1.65 bits per heavy atom. The number of aromatic carboxylic acids is 1. The van der Waals surface area contributed by atoms with E-state index in [0.29, 0.717) is 17.8 Å². The zero-order chi connectivity index (χ0) is 18.5. The minimum atomic E-state index is -0.953. The molecule has 3 rings (SSSR count). The minimum absolute atomic E-state index is 0.147. The number of carbonyl (C=O) groups excluding carboxylic acids is 1. The second kappa shape index (κ2) is 7.61. The molecular weight excluding hydrogens is 328 g/mol. The Kier molecular flexibility index (Phi) is 5.08. The molecule has 26 heavy (non-hydrogen) atoms. The van der Waals surface area contributed by atoms with Crippen LogP contribution in [0.15, 0.2) is 72.9 Å². The molecule has 1 N–H and O–H groups in total. The van der Waals surface area contributed by atoms with Crippen LogP contribution in [0.1, 0.15) is 26.4 Å². The first-order chi connectivity index (χ1) is 12.6. The van der Waals surface area contributed by atoms with Gasteiger partial charge in [-0.1, -0.05) is 48.5 Å². The van der Waals surface area contributed by atoms with Crippen LogP contribution in [0.4, 0.5) is 0 Å². The Bertz CT molecular complexity index is 922. The lowest BCUT2D eigenvalue weighted by Gasteiger charge is -2.17. The highest BCUT2D eigenvalue weighted by Crippen LogP contribution is 2.24. The Morgan fingerprint density at radius 1 is 0.962 bits per heavy atom. The average Bonchev–Trinajstić information content (AvgIpc) is 2.68. The highest BCUT2D eigenvalue weighted by Gasteiger charge is 2.14. The summed E-state index contributed by atoms with van der Waals surface area (Å²) < 4.78 is 0. The summed E-state index contributed by atoms with van der Waals surface area (Å²) in [6, 6.07) is 19.7. The third kappa shape index (κ3) is 3.78. The van der Waals surface area contributed by atoms with E-state index in [1.54, 1.807) is 54.5 Å². The van der Waals surface area contributed by atoms with Crippen molar-refractivity contribution in [2.45, 2.75) is 6.54 Å². The summed E-state index contributed by atoms with van der Waals surface area (Å²) >= 11 is 0. The van der Waals surface area contributed by atoms with Crippen molar-refractivity contribution in [1.29, 1.82) is 0 Å². The number of carbonyl (C=O) groups is 2. The molecule has 0 fully saturated rings. The SMILES string of the molecule is CN(Cc1ccc(-c2ccccc2C(=O)O)cc1)C(=O)c1ccccn1. The summed E-state index contributed by atoms with van der Waals surface area (Å²) in [5.74, 6) is -1.10. The smallest absolute Gasteiger partial charge is 0.336 e. The highest BCUT2D eigenvalue weighted by atomic mass is 16.4. The third-order valence-corrected chi connectivity index (χ3v) is 4.07. The molecule has 0 saturated heterocycles. The number of aromatic nitrogens is 1. The van der Waals surface area contributed by atoms with Crippen molar-refractivity contribution >= 4 is 11.9 Å². The molecule has 0 aliphatic heterocycles. The number of hydrogen-bond acceptors (Lipinski definition) is 3. The quantitative estimate of drug-likeness (QED) is 0.764. The zero-order valence-corrected chi connectivity index (χ0v) is 14.3. The van der Waals surface area contributed by atoms with E-state index in [-0.39, 0.29) is 11.5 Å². The van der Waals surface area contributed by atoms with Crippen LogP contribution < -0.4 is 0 Å². The molecule has 0 aliphatic carbocycles. The molecule has 0 aliphatic rings. The zero-order valence-electron chi connectivity index (χ0n) is 14.3. The van der Waals surface area contributed by atoms with E-state index in [1.807, 2.05) is 30.3 Å². The van der Waals surface area contributed by atoms with E-state index in [1.165, 1.54) is 0 Å². The summed E-state index contributed by atoms with van der Waals surface area (Å²) in [7, 11) is 1.73. The first-order valence-corrected chi connectivity index (χ1v) is 8.14. The molecule has 5 heteroatoms. The number of carboxylic acid groups (broad SMARTS) is 1. The topological polar surface area (TPSA) is 70.5 Å². The normalized spacial score (nSPS) is 10.3. The first-order valence-electron chi connectivity index (χ1n) is 8.14. The molecule has 1 aromatic heterocycles. The predicted octanol–water partition coefficient (Wildman–Crippen LogP) is 3.72. The molecule has 1 heterocycles. The molecule has 130 valence electrons. The van der Waals surface area contributed by atoms with Gasteiger partial charge >= 0.3 is 5.97 Å². The Labute approximate surface area is 151 Å². The van der Waals surface area contributed by atoms with Crippen molar-refractivity contribution in [3.63, 3.8) is 0 Å². The van der Waals surface area contributed by atoms with Gasteiger partial charge in [0.25, 0.3) is 5.91 Å². The van der Waals surface area contributed by atoms with Gasteiger partial charge in [-0.15, -0.1) is 0 Å². The summed E-state index contributed by atoms with van der Waals surface area (Å²) in [4.78, 5) is 29.4. The summed E-state index contributed by atoms with van der Waals surface area (Å²) in [5, 5.41) is 9.32. The molecule has 3 aromatic rings. The largest absolute Gasteiger partial charge is 0.478 e. The van der Waals surface area contributed by atoms with Crippen LogP contribution in [0, 0.1) is 0 Å². The fourth-order valence-corrected chi connectivity index (χ4v) is 2.74. The first kappa shape index (κ1) is 17.4. The number of carboxylic acids is 1. The van der Waals surface area contributed by atoms with Gasteiger partial charge in [0.1, 0.15) is 5.69 Å². The van der Waals surface area contributed by atoms with Gasteiger partial charge in [0.2, 0.25) is 0 Å². The Hall–Kier alpha value is -3.47. The molecule has 0 spiro atoms. The standard InChI is InChI=1S/C21H18N2O3/c1-23(20(24)19-8-4-5-13-22-19)14-15-9-11-16(12-10-15)17-6-2-3-7-18(17)21(25)26/h2-13H,14H2,1H3,(H,25,26). The summed E-state index contributed by atoms with van der Waals surface area (Å²) in [5.41, 5.74) is 3.12. The molecule has 2 aromatic carbocycles. The second-order valence-electron chi connectivity index (χ2n) is 5.92. The van der Waals surface area contributed by atoms with Crippen LogP contribution in [0.5, 0.6) is 0 Å². The Morgan fingerprint density at radius 3 is 2.31 bits per heavy atom. The van der Waals surface area contributed by atoms with Gasteiger partial charge in [-0.05, 0) is 34.9 Å². The molecule has 0 atom stereocenters. The van der Waals surface area contributed by atoms with E-state index >= 15 is 0 Å². The van der Waals surface area contributed by atoms with Gasteiger partial charge < -0.3 is 10.0 Å². The van der Waals surface area contributed by atoms with Gasteiger partial charge in [-0.25, -0.2) is 4.79 Å². The van der Waals surface area contributed by atoms with E-state index < -0.39 is 5.97 Å². The van der Waals surface area contributed by atoms with Crippen LogP contribution in [0.25, 0.3) is 11.1 Å². The van der Waals surface area contributed by atoms with Gasteiger partial charge in [-0.3, -0.25) is 9.78 Å². The molecule has 0 saturated carbocycles. The maximum Gasteiger partial charge on any atom is 0.336 e. The highest BCUT2D eigenvalue weighted by molar-refractivity contribution is 5.96. The minimum Gasteiger partial charge on any atom is -0.478 e. The molecule has 1 amide bonds. The van der Waals surface area contributed by atoms with Crippen molar-refractivity contribution in [3.05, 3.63) is 89.7 Å². The van der Waals surface area contributed by atoms with Crippen molar-refractivity contribution < 1.29 is 14.7 Å². The number of pyridine rings is 1. The van der Waals surface area contributed by atoms with Gasteiger partial charge in [0.05, 0.1) is 5.56 Å². The van der Waals surface area contributed by atoms with Gasteiger partial charge in [0.15, 0.2) is 0 Å². The number of hydrogen-bond donors (Lipinski definition) is 1. The Balaban J connectivity index is 1.76. The van der Waals surface area contributed by atoms with Crippen LogP contribution in [0.3, 0.4) is 0 Å². The lowest BCUT2D eigenvalue weighted by Crippen LogP contribution is -2.26. The van der Waals surface area contributed by atoms with E-state index in [2.05, 4.69) is 4.98 Å². The summed E-state index contributed by atoms with van der Waals surface area (Å²) in [6.07, 6.45) is 1.59. The predicted molar refractivity (Wildman–Crippen MR) is 98.9 cm³/mol. The fourth-order valence-electron chi connectivity index (χ4n) is 2.74. The lowest BCUT2D eigenvalue weighted by molar-refractivity contribution is 0.0697. The number of amides is 1. The molecule has 0 unspecified atom stereocenters. The third-order valence-electron chi connectivity index (χ3n) is 4.07. The maximum absolute atomic E-state index is 12.4. The van der Waals surface area contributed by atoms with Crippen molar-refractivity contribution in [3.8, 4) is 11.1 Å². The van der Waals surface area contributed by atoms with Crippen molar-refractivity contribution in [2.24, 2.45) is 0 Å². The monoisotopic (exact) mass is 346 g/mol. The van der Waals surface area contributed by atoms with Crippen LogP contribution >= 0.6 is 0 Å². The number of benzene rings is 2. The fraction of sp³-hybridized carbons (Fsp3) is 0.0952. The van der Waals surface area contributed by atoms with Crippen LogP contribution in [0.2, 0.25) is 0 Å². The summed E-state index contributed by atoms with van der Waals surface area (Å²) in [6.45, 7) is 0.441. The molecule has 0 radical (unpaired) electrons. The number of rotatable bonds is 5.